The number of hydrogen-bond acceptors (Lipinski definition) is 4. The van der Waals surface area contributed by atoms with Crippen LogP contribution in [0.3, 0.4) is 0 Å². The fourth-order valence-electron chi connectivity index (χ4n) is 2.70. The van der Waals surface area contributed by atoms with E-state index in [1.54, 1.807) is 0 Å². The van der Waals surface area contributed by atoms with E-state index in [2.05, 4.69) is 5.32 Å². The molecule has 0 amide bonds. The normalized spacial score (nSPS) is 29.4. The van der Waals surface area contributed by atoms with Gasteiger partial charge >= 0.3 is 0 Å². The van der Waals surface area contributed by atoms with Gasteiger partial charge in [-0.1, -0.05) is 0 Å². The second kappa shape index (κ2) is 5.96. The fraction of sp³-hybridized carbons (Fsp3) is 1.00. The summed E-state index contributed by atoms with van der Waals surface area (Å²) < 4.78 is 11.4. The number of rotatable bonds is 4. The highest BCUT2D eigenvalue weighted by Crippen LogP contribution is 2.34. The van der Waals surface area contributed by atoms with Gasteiger partial charge < -0.3 is 20.5 Å². The van der Waals surface area contributed by atoms with Crippen LogP contribution in [0, 0.1) is 0 Å². The Kier molecular flexibility index (Phi) is 4.58. The SMILES string of the molecule is NCCCNC1CCOC2(CCOCC2)C1. The van der Waals surface area contributed by atoms with Gasteiger partial charge in [-0.25, -0.2) is 0 Å². The Hall–Kier alpha value is -0.160. The van der Waals surface area contributed by atoms with Gasteiger partial charge in [0.25, 0.3) is 0 Å². The summed E-state index contributed by atoms with van der Waals surface area (Å²) in [6.07, 6.45) is 5.45. The van der Waals surface area contributed by atoms with Crippen LogP contribution in [0.1, 0.15) is 32.1 Å². The Balaban J connectivity index is 1.78. The lowest BCUT2D eigenvalue weighted by Gasteiger charge is -2.43. The van der Waals surface area contributed by atoms with E-state index in [-0.39, 0.29) is 5.60 Å². The Bertz CT molecular complexity index is 200. The molecule has 0 radical (unpaired) electrons. The van der Waals surface area contributed by atoms with Gasteiger partial charge in [0.1, 0.15) is 0 Å². The second-order valence-corrected chi connectivity index (χ2v) is 4.93. The monoisotopic (exact) mass is 228 g/mol. The van der Waals surface area contributed by atoms with Crippen molar-refractivity contribution in [2.75, 3.05) is 32.9 Å². The Morgan fingerprint density at radius 2 is 2.06 bits per heavy atom. The second-order valence-electron chi connectivity index (χ2n) is 4.93. The molecule has 4 heteroatoms. The van der Waals surface area contributed by atoms with Gasteiger partial charge in [0, 0.05) is 25.9 Å². The lowest BCUT2D eigenvalue weighted by molar-refractivity contribution is -0.140. The minimum absolute atomic E-state index is 0.108. The Labute approximate surface area is 97.9 Å². The van der Waals surface area contributed by atoms with Crippen molar-refractivity contribution in [1.29, 1.82) is 0 Å². The minimum atomic E-state index is 0.108. The molecular weight excluding hydrogens is 204 g/mol. The number of nitrogens with one attached hydrogen (secondary N) is 1. The molecule has 1 unspecified atom stereocenters. The zero-order chi connectivity index (χ0) is 11.3. The highest BCUT2D eigenvalue weighted by Gasteiger charge is 2.38. The molecule has 0 aromatic heterocycles. The molecule has 0 saturated carbocycles. The molecule has 0 aromatic rings. The van der Waals surface area contributed by atoms with Crippen molar-refractivity contribution < 1.29 is 9.47 Å². The van der Waals surface area contributed by atoms with E-state index in [0.29, 0.717) is 6.04 Å². The lowest BCUT2D eigenvalue weighted by atomic mass is 9.84. The maximum Gasteiger partial charge on any atom is 0.0741 e. The van der Waals surface area contributed by atoms with Gasteiger partial charge in [-0.15, -0.1) is 0 Å². The summed E-state index contributed by atoms with van der Waals surface area (Å²) in [6.45, 7) is 4.41. The van der Waals surface area contributed by atoms with E-state index in [4.69, 9.17) is 15.2 Å². The molecule has 2 aliphatic rings. The Morgan fingerprint density at radius 3 is 2.81 bits per heavy atom. The van der Waals surface area contributed by atoms with Crippen LogP contribution in [0.25, 0.3) is 0 Å². The van der Waals surface area contributed by atoms with Crippen LogP contribution in [-0.4, -0.2) is 44.6 Å². The maximum absolute atomic E-state index is 6.00. The standard InChI is InChI=1S/C12H24N2O2/c13-5-1-6-14-11-2-7-16-12(10-11)3-8-15-9-4-12/h11,14H,1-10,13H2. The molecule has 2 fully saturated rings. The summed E-state index contributed by atoms with van der Waals surface area (Å²) >= 11 is 0. The molecule has 2 rings (SSSR count). The molecule has 2 aliphatic heterocycles. The summed E-state index contributed by atoms with van der Waals surface area (Å²) in [5.74, 6) is 0. The molecule has 1 spiro atoms. The van der Waals surface area contributed by atoms with Crippen LogP contribution in [0.4, 0.5) is 0 Å². The van der Waals surface area contributed by atoms with E-state index in [9.17, 15) is 0 Å². The molecule has 2 heterocycles. The maximum atomic E-state index is 6.00. The molecular formula is C12H24N2O2. The third-order valence-corrected chi connectivity index (χ3v) is 3.71. The summed E-state index contributed by atoms with van der Waals surface area (Å²) in [5, 5.41) is 3.59. The molecule has 0 aromatic carbocycles. The van der Waals surface area contributed by atoms with Gasteiger partial charge in [0.05, 0.1) is 5.60 Å². The quantitative estimate of drug-likeness (QED) is 0.694. The predicted molar refractivity (Wildman–Crippen MR) is 63.4 cm³/mol. The number of ether oxygens (including phenoxy) is 2. The topological polar surface area (TPSA) is 56.5 Å². The summed E-state index contributed by atoms with van der Waals surface area (Å²) in [4.78, 5) is 0. The Morgan fingerprint density at radius 1 is 1.25 bits per heavy atom. The van der Waals surface area contributed by atoms with E-state index >= 15 is 0 Å². The van der Waals surface area contributed by atoms with Gasteiger partial charge in [-0.2, -0.15) is 0 Å². The summed E-state index contributed by atoms with van der Waals surface area (Å²) in [6, 6.07) is 0.610. The van der Waals surface area contributed by atoms with Crippen LogP contribution < -0.4 is 11.1 Å². The average Bonchev–Trinajstić information content (AvgIpc) is 2.31. The molecule has 94 valence electrons. The van der Waals surface area contributed by atoms with Gasteiger partial charge in [0.15, 0.2) is 0 Å². The highest BCUT2D eigenvalue weighted by molar-refractivity contribution is 4.91. The predicted octanol–water partition coefficient (Wildman–Crippen LogP) is 0.653. The van der Waals surface area contributed by atoms with Gasteiger partial charge in [0.2, 0.25) is 0 Å². The van der Waals surface area contributed by atoms with Crippen molar-refractivity contribution in [1.82, 2.24) is 5.32 Å². The van der Waals surface area contributed by atoms with E-state index in [1.165, 1.54) is 0 Å². The molecule has 3 N–H and O–H groups in total. The molecule has 16 heavy (non-hydrogen) atoms. The van der Waals surface area contributed by atoms with Crippen LogP contribution in [0.2, 0.25) is 0 Å². The number of nitrogens with two attached hydrogens (primary N) is 1. The smallest absolute Gasteiger partial charge is 0.0741 e. The zero-order valence-electron chi connectivity index (χ0n) is 10.0. The van der Waals surface area contributed by atoms with Gasteiger partial charge in [-0.05, 0) is 45.2 Å². The lowest BCUT2D eigenvalue weighted by Crippen LogP contribution is -2.50. The molecule has 4 nitrogen and oxygen atoms in total. The third-order valence-electron chi connectivity index (χ3n) is 3.71. The number of hydrogen-bond donors (Lipinski definition) is 2. The van der Waals surface area contributed by atoms with Crippen molar-refractivity contribution >= 4 is 0 Å². The van der Waals surface area contributed by atoms with Crippen molar-refractivity contribution in [3.05, 3.63) is 0 Å². The highest BCUT2D eigenvalue weighted by atomic mass is 16.5. The van der Waals surface area contributed by atoms with Crippen LogP contribution >= 0.6 is 0 Å². The van der Waals surface area contributed by atoms with Crippen LogP contribution in [0.15, 0.2) is 0 Å². The fourth-order valence-corrected chi connectivity index (χ4v) is 2.70. The van der Waals surface area contributed by atoms with Crippen molar-refractivity contribution in [3.63, 3.8) is 0 Å². The van der Waals surface area contributed by atoms with E-state index in [1.807, 2.05) is 0 Å². The van der Waals surface area contributed by atoms with Crippen molar-refractivity contribution in [2.45, 2.75) is 43.7 Å². The van der Waals surface area contributed by atoms with Gasteiger partial charge in [-0.3, -0.25) is 0 Å². The average molecular weight is 228 g/mol. The zero-order valence-corrected chi connectivity index (χ0v) is 10.0. The molecule has 0 aliphatic carbocycles. The largest absolute Gasteiger partial charge is 0.381 e. The van der Waals surface area contributed by atoms with Crippen LogP contribution in [0.5, 0.6) is 0 Å². The first-order valence-electron chi connectivity index (χ1n) is 6.50. The molecule has 0 bridgehead atoms. The first-order valence-corrected chi connectivity index (χ1v) is 6.50. The first-order chi connectivity index (χ1) is 7.85. The molecule has 2 saturated heterocycles. The third kappa shape index (κ3) is 3.17. The van der Waals surface area contributed by atoms with E-state index in [0.717, 1.165) is 65.0 Å². The minimum Gasteiger partial charge on any atom is -0.381 e. The summed E-state index contributed by atoms with van der Waals surface area (Å²) in [7, 11) is 0. The summed E-state index contributed by atoms with van der Waals surface area (Å²) in [5.41, 5.74) is 5.61. The van der Waals surface area contributed by atoms with Crippen LogP contribution in [-0.2, 0) is 9.47 Å². The first kappa shape index (κ1) is 12.3. The van der Waals surface area contributed by atoms with Crippen molar-refractivity contribution in [2.24, 2.45) is 5.73 Å². The van der Waals surface area contributed by atoms with Crippen molar-refractivity contribution in [3.8, 4) is 0 Å². The van der Waals surface area contributed by atoms with E-state index < -0.39 is 0 Å². The molecule has 1 atom stereocenters.